The average Bonchev–Trinajstić information content (AvgIpc) is 2.38. The number of ether oxygens (including phenoxy) is 1. The molecule has 0 amide bonds. The van der Waals surface area contributed by atoms with Gasteiger partial charge in [0, 0.05) is 5.41 Å². The molecule has 0 aliphatic heterocycles. The van der Waals surface area contributed by atoms with Gasteiger partial charge in [-0.1, -0.05) is 31.2 Å². The molecule has 0 saturated carbocycles. The van der Waals surface area contributed by atoms with Crippen LogP contribution in [-0.4, -0.2) is 18.3 Å². The molecule has 0 saturated heterocycles. The first kappa shape index (κ1) is 13.5. The van der Waals surface area contributed by atoms with E-state index in [2.05, 4.69) is 20.1 Å². The van der Waals surface area contributed by atoms with Crippen molar-refractivity contribution in [2.24, 2.45) is 0 Å². The van der Waals surface area contributed by atoms with Crippen molar-refractivity contribution < 1.29 is 9.84 Å². The smallest absolute Gasteiger partial charge is 0.118 e. The van der Waals surface area contributed by atoms with Crippen LogP contribution < -0.4 is 4.74 Å². The van der Waals surface area contributed by atoms with Crippen molar-refractivity contribution in [1.82, 2.24) is 0 Å². The highest BCUT2D eigenvalue weighted by atomic mass is 16.5. The molecule has 0 bridgehead atoms. The highest BCUT2D eigenvalue weighted by Crippen LogP contribution is 2.31. The Labute approximate surface area is 103 Å². The van der Waals surface area contributed by atoms with Crippen molar-refractivity contribution in [3.8, 4) is 5.75 Å². The second-order valence-electron chi connectivity index (χ2n) is 4.36. The molecule has 1 aromatic carbocycles. The SMILES string of the molecule is C=CC(O)CC(C)(C=C)c1ccc(OC)cc1. The topological polar surface area (TPSA) is 29.5 Å². The van der Waals surface area contributed by atoms with Gasteiger partial charge in [0.15, 0.2) is 0 Å². The van der Waals surface area contributed by atoms with Crippen LogP contribution in [0.3, 0.4) is 0 Å². The molecule has 17 heavy (non-hydrogen) atoms. The van der Waals surface area contributed by atoms with Gasteiger partial charge in [0.05, 0.1) is 13.2 Å². The van der Waals surface area contributed by atoms with E-state index in [-0.39, 0.29) is 5.41 Å². The normalized spacial score (nSPS) is 15.7. The predicted octanol–water partition coefficient (Wildman–Crippen LogP) is 3.08. The molecule has 0 aliphatic rings. The van der Waals surface area contributed by atoms with Crippen LogP contribution in [0, 0.1) is 0 Å². The van der Waals surface area contributed by atoms with Gasteiger partial charge in [0.2, 0.25) is 0 Å². The van der Waals surface area contributed by atoms with Gasteiger partial charge in [-0.05, 0) is 24.1 Å². The van der Waals surface area contributed by atoms with Gasteiger partial charge in [-0.15, -0.1) is 13.2 Å². The van der Waals surface area contributed by atoms with Crippen molar-refractivity contribution in [3.05, 3.63) is 55.1 Å². The fourth-order valence-corrected chi connectivity index (χ4v) is 1.81. The minimum Gasteiger partial charge on any atom is -0.497 e. The zero-order chi connectivity index (χ0) is 12.9. The summed E-state index contributed by atoms with van der Waals surface area (Å²) in [6, 6.07) is 7.82. The first-order valence-corrected chi connectivity index (χ1v) is 5.64. The fraction of sp³-hybridized carbons (Fsp3) is 0.333. The van der Waals surface area contributed by atoms with Crippen LogP contribution in [0.25, 0.3) is 0 Å². The molecule has 2 heteroatoms. The molecule has 1 N–H and O–H groups in total. The highest BCUT2D eigenvalue weighted by Gasteiger charge is 2.25. The van der Waals surface area contributed by atoms with E-state index >= 15 is 0 Å². The molecule has 2 unspecified atom stereocenters. The number of hydrogen-bond acceptors (Lipinski definition) is 2. The average molecular weight is 232 g/mol. The van der Waals surface area contributed by atoms with Crippen LogP contribution in [0.2, 0.25) is 0 Å². The number of methoxy groups -OCH3 is 1. The molecule has 1 aromatic rings. The van der Waals surface area contributed by atoms with Gasteiger partial charge in [0.1, 0.15) is 5.75 Å². The molecule has 2 atom stereocenters. The third kappa shape index (κ3) is 3.21. The molecule has 0 heterocycles. The quantitative estimate of drug-likeness (QED) is 0.764. The third-order valence-corrected chi connectivity index (χ3v) is 3.11. The zero-order valence-electron chi connectivity index (χ0n) is 10.5. The molecule has 0 radical (unpaired) electrons. The summed E-state index contributed by atoms with van der Waals surface area (Å²) in [5, 5.41) is 9.70. The Morgan fingerprint density at radius 1 is 1.35 bits per heavy atom. The van der Waals surface area contributed by atoms with Crippen LogP contribution >= 0.6 is 0 Å². The van der Waals surface area contributed by atoms with Crippen LogP contribution in [0.4, 0.5) is 0 Å². The lowest BCUT2D eigenvalue weighted by Crippen LogP contribution is -2.24. The van der Waals surface area contributed by atoms with Gasteiger partial charge in [-0.2, -0.15) is 0 Å². The first-order valence-electron chi connectivity index (χ1n) is 5.64. The number of benzene rings is 1. The van der Waals surface area contributed by atoms with Gasteiger partial charge < -0.3 is 9.84 Å². The molecular formula is C15H20O2. The fourth-order valence-electron chi connectivity index (χ4n) is 1.81. The Morgan fingerprint density at radius 2 is 1.94 bits per heavy atom. The lowest BCUT2D eigenvalue weighted by molar-refractivity contribution is 0.190. The van der Waals surface area contributed by atoms with Gasteiger partial charge in [-0.25, -0.2) is 0 Å². The first-order chi connectivity index (χ1) is 8.05. The van der Waals surface area contributed by atoms with Crippen molar-refractivity contribution in [2.75, 3.05) is 7.11 Å². The Hall–Kier alpha value is -1.54. The van der Waals surface area contributed by atoms with E-state index in [0.29, 0.717) is 6.42 Å². The monoisotopic (exact) mass is 232 g/mol. The van der Waals surface area contributed by atoms with Gasteiger partial charge in [0.25, 0.3) is 0 Å². The Bertz CT molecular complexity index is 380. The minimum absolute atomic E-state index is 0.264. The van der Waals surface area contributed by atoms with Crippen LogP contribution in [0.5, 0.6) is 5.75 Å². The number of rotatable bonds is 6. The van der Waals surface area contributed by atoms with Crippen molar-refractivity contribution >= 4 is 0 Å². The number of hydrogen-bond donors (Lipinski definition) is 1. The van der Waals surface area contributed by atoms with Crippen LogP contribution in [0.15, 0.2) is 49.6 Å². The third-order valence-electron chi connectivity index (χ3n) is 3.11. The van der Waals surface area contributed by atoms with E-state index in [9.17, 15) is 5.11 Å². The summed E-state index contributed by atoms with van der Waals surface area (Å²) >= 11 is 0. The zero-order valence-corrected chi connectivity index (χ0v) is 10.5. The standard InChI is InChI=1S/C15H20O2/c1-5-13(16)11-15(3,6-2)12-7-9-14(17-4)10-8-12/h5-10,13,16H,1-2,11H2,3-4H3. The summed E-state index contributed by atoms with van der Waals surface area (Å²) in [6.45, 7) is 9.51. The predicted molar refractivity (Wildman–Crippen MR) is 71.4 cm³/mol. The van der Waals surface area contributed by atoms with E-state index in [1.807, 2.05) is 30.3 Å². The lowest BCUT2D eigenvalue weighted by Gasteiger charge is -2.28. The Kier molecular flexibility index (Phi) is 4.53. The Morgan fingerprint density at radius 3 is 2.35 bits per heavy atom. The Balaban J connectivity index is 2.98. The maximum Gasteiger partial charge on any atom is 0.118 e. The highest BCUT2D eigenvalue weighted by molar-refractivity contribution is 5.35. The minimum atomic E-state index is -0.528. The molecule has 92 valence electrons. The summed E-state index contributed by atoms with van der Waals surface area (Å²) in [5.41, 5.74) is 0.842. The van der Waals surface area contributed by atoms with E-state index < -0.39 is 6.10 Å². The number of aliphatic hydroxyl groups is 1. The maximum absolute atomic E-state index is 9.70. The summed E-state index contributed by atoms with van der Waals surface area (Å²) in [6.07, 6.45) is 3.46. The van der Waals surface area contributed by atoms with Crippen molar-refractivity contribution in [3.63, 3.8) is 0 Å². The second-order valence-corrected chi connectivity index (χ2v) is 4.36. The van der Waals surface area contributed by atoms with E-state index in [4.69, 9.17) is 4.74 Å². The summed E-state index contributed by atoms with van der Waals surface area (Å²) in [4.78, 5) is 0. The lowest BCUT2D eigenvalue weighted by atomic mass is 9.78. The molecule has 1 rings (SSSR count). The van der Waals surface area contributed by atoms with Gasteiger partial charge >= 0.3 is 0 Å². The molecule has 2 nitrogen and oxygen atoms in total. The van der Waals surface area contributed by atoms with Crippen LogP contribution in [0.1, 0.15) is 18.9 Å². The molecule has 0 aromatic heterocycles. The van der Waals surface area contributed by atoms with E-state index in [1.54, 1.807) is 13.2 Å². The summed E-state index contributed by atoms with van der Waals surface area (Å²) in [5.74, 6) is 0.824. The second kappa shape index (κ2) is 5.69. The van der Waals surface area contributed by atoms with E-state index in [1.165, 1.54) is 0 Å². The van der Waals surface area contributed by atoms with Crippen LogP contribution in [-0.2, 0) is 5.41 Å². The maximum atomic E-state index is 9.70. The summed E-state index contributed by atoms with van der Waals surface area (Å²) in [7, 11) is 1.64. The largest absolute Gasteiger partial charge is 0.497 e. The van der Waals surface area contributed by atoms with Crippen molar-refractivity contribution in [1.29, 1.82) is 0 Å². The van der Waals surface area contributed by atoms with E-state index in [0.717, 1.165) is 11.3 Å². The molecular weight excluding hydrogens is 212 g/mol. The number of aliphatic hydroxyl groups excluding tert-OH is 1. The molecule has 0 aliphatic carbocycles. The van der Waals surface area contributed by atoms with Crippen molar-refractivity contribution in [2.45, 2.75) is 24.9 Å². The molecule has 0 spiro atoms. The number of allylic oxidation sites excluding steroid dienone is 1. The van der Waals surface area contributed by atoms with Gasteiger partial charge in [-0.3, -0.25) is 0 Å². The molecule has 0 fully saturated rings. The summed E-state index contributed by atoms with van der Waals surface area (Å²) < 4.78 is 5.13.